The summed E-state index contributed by atoms with van der Waals surface area (Å²) in [4.78, 5) is 4.31. The highest BCUT2D eigenvalue weighted by atomic mass is 16.5. The van der Waals surface area contributed by atoms with Gasteiger partial charge in [-0.3, -0.25) is 4.98 Å². The lowest BCUT2D eigenvalue weighted by molar-refractivity contribution is 0.0287. The lowest BCUT2D eigenvalue weighted by Crippen LogP contribution is -2.31. The van der Waals surface area contributed by atoms with Crippen molar-refractivity contribution in [2.24, 2.45) is 0 Å². The van der Waals surface area contributed by atoms with Gasteiger partial charge in [0.2, 0.25) is 0 Å². The third-order valence-electron chi connectivity index (χ3n) is 2.47. The van der Waals surface area contributed by atoms with Crippen LogP contribution in [-0.2, 0) is 16.0 Å². The summed E-state index contributed by atoms with van der Waals surface area (Å²) in [5.41, 5.74) is 2.28. The summed E-state index contributed by atoms with van der Waals surface area (Å²) in [6, 6.07) is 4.01. The predicted octanol–water partition coefficient (Wildman–Crippen LogP) is 1.14. The Hall–Kier alpha value is -0.970. The second-order valence-corrected chi connectivity index (χ2v) is 3.71. The van der Waals surface area contributed by atoms with Gasteiger partial charge in [0.15, 0.2) is 0 Å². The van der Waals surface area contributed by atoms with Gasteiger partial charge in [0.1, 0.15) is 0 Å². The van der Waals surface area contributed by atoms with Crippen LogP contribution in [0.2, 0.25) is 0 Å². The number of aryl methyl sites for hydroxylation is 1. The van der Waals surface area contributed by atoms with Crippen molar-refractivity contribution in [2.45, 2.75) is 19.6 Å². The van der Waals surface area contributed by atoms with Gasteiger partial charge in [0.25, 0.3) is 0 Å². The average Bonchev–Trinajstić information content (AvgIpc) is 2.30. The van der Waals surface area contributed by atoms with Crippen LogP contribution in [0.5, 0.6) is 0 Å². The molecule has 1 aromatic heterocycles. The van der Waals surface area contributed by atoms with Crippen molar-refractivity contribution < 1.29 is 9.47 Å². The summed E-state index contributed by atoms with van der Waals surface area (Å²) in [5, 5.41) is 3.31. The van der Waals surface area contributed by atoms with Crippen molar-refractivity contribution in [1.82, 2.24) is 10.3 Å². The highest BCUT2D eigenvalue weighted by molar-refractivity contribution is 5.17. The van der Waals surface area contributed by atoms with E-state index in [9.17, 15) is 0 Å². The lowest BCUT2D eigenvalue weighted by Gasteiger charge is -2.15. The molecule has 0 aromatic carbocycles. The molecule has 0 aliphatic rings. The second-order valence-electron chi connectivity index (χ2n) is 3.71. The number of methoxy groups -OCH3 is 2. The number of ether oxygens (including phenoxy) is 2. The van der Waals surface area contributed by atoms with Crippen molar-refractivity contribution >= 4 is 0 Å². The van der Waals surface area contributed by atoms with Crippen LogP contribution in [0.15, 0.2) is 18.3 Å². The van der Waals surface area contributed by atoms with E-state index in [0.717, 1.165) is 18.8 Å². The van der Waals surface area contributed by atoms with E-state index in [1.807, 2.05) is 12.3 Å². The van der Waals surface area contributed by atoms with Crippen molar-refractivity contribution in [2.75, 3.05) is 27.4 Å². The summed E-state index contributed by atoms with van der Waals surface area (Å²) in [5.74, 6) is 0. The van der Waals surface area contributed by atoms with E-state index >= 15 is 0 Å². The van der Waals surface area contributed by atoms with E-state index in [4.69, 9.17) is 9.47 Å². The van der Waals surface area contributed by atoms with Crippen molar-refractivity contribution in [3.8, 4) is 0 Å². The Morgan fingerprint density at radius 2 is 2.25 bits per heavy atom. The van der Waals surface area contributed by atoms with Gasteiger partial charge in [0, 0.05) is 33.5 Å². The zero-order valence-electron chi connectivity index (χ0n) is 10.2. The SMILES string of the molecule is COCC(CNCc1ncccc1C)OC. The molecular weight excluding hydrogens is 204 g/mol. The van der Waals surface area contributed by atoms with Gasteiger partial charge in [-0.1, -0.05) is 6.07 Å². The quantitative estimate of drug-likeness (QED) is 0.754. The maximum atomic E-state index is 5.25. The van der Waals surface area contributed by atoms with E-state index in [2.05, 4.69) is 23.3 Å². The molecule has 1 N–H and O–H groups in total. The van der Waals surface area contributed by atoms with Crippen molar-refractivity contribution in [3.05, 3.63) is 29.6 Å². The number of aromatic nitrogens is 1. The fourth-order valence-corrected chi connectivity index (χ4v) is 1.45. The van der Waals surface area contributed by atoms with E-state index in [1.54, 1.807) is 14.2 Å². The number of nitrogens with zero attached hydrogens (tertiary/aromatic N) is 1. The molecule has 4 heteroatoms. The van der Waals surface area contributed by atoms with Gasteiger partial charge in [-0.15, -0.1) is 0 Å². The van der Waals surface area contributed by atoms with E-state index in [0.29, 0.717) is 6.61 Å². The number of nitrogens with one attached hydrogen (secondary N) is 1. The summed E-state index contributed by atoms with van der Waals surface area (Å²) < 4.78 is 10.3. The minimum absolute atomic E-state index is 0.0917. The topological polar surface area (TPSA) is 43.4 Å². The Morgan fingerprint density at radius 1 is 1.44 bits per heavy atom. The predicted molar refractivity (Wildman–Crippen MR) is 63.4 cm³/mol. The van der Waals surface area contributed by atoms with Crippen LogP contribution < -0.4 is 5.32 Å². The molecule has 1 unspecified atom stereocenters. The molecule has 0 bridgehead atoms. The molecule has 90 valence electrons. The summed E-state index contributed by atoms with van der Waals surface area (Å²) >= 11 is 0. The molecule has 0 fully saturated rings. The molecule has 1 aromatic rings. The van der Waals surface area contributed by atoms with Crippen LogP contribution in [0.25, 0.3) is 0 Å². The van der Waals surface area contributed by atoms with Crippen molar-refractivity contribution in [1.29, 1.82) is 0 Å². The molecule has 1 atom stereocenters. The molecule has 0 saturated heterocycles. The fourth-order valence-electron chi connectivity index (χ4n) is 1.45. The molecule has 4 nitrogen and oxygen atoms in total. The average molecular weight is 224 g/mol. The first-order valence-electron chi connectivity index (χ1n) is 5.41. The van der Waals surface area contributed by atoms with Crippen LogP contribution in [0, 0.1) is 6.92 Å². The first-order valence-corrected chi connectivity index (χ1v) is 5.41. The Morgan fingerprint density at radius 3 is 2.88 bits per heavy atom. The highest BCUT2D eigenvalue weighted by Crippen LogP contribution is 2.02. The third kappa shape index (κ3) is 4.26. The van der Waals surface area contributed by atoms with Crippen LogP contribution in [0.4, 0.5) is 0 Å². The molecule has 0 radical (unpaired) electrons. The van der Waals surface area contributed by atoms with Gasteiger partial charge in [0.05, 0.1) is 18.4 Å². The lowest BCUT2D eigenvalue weighted by atomic mass is 10.2. The summed E-state index contributed by atoms with van der Waals surface area (Å²) in [7, 11) is 3.37. The first-order chi connectivity index (χ1) is 7.77. The standard InChI is InChI=1S/C12H20N2O2/c1-10-5-4-6-14-12(10)8-13-7-11(16-3)9-15-2/h4-6,11,13H,7-9H2,1-3H3. The highest BCUT2D eigenvalue weighted by Gasteiger charge is 2.06. The Labute approximate surface area is 97.0 Å². The number of pyridine rings is 1. The van der Waals surface area contributed by atoms with E-state index in [-0.39, 0.29) is 6.10 Å². The first kappa shape index (κ1) is 13.1. The molecule has 0 spiro atoms. The third-order valence-corrected chi connectivity index (χ3v) is 2.47. The molecule has 0 aliphatic carbocycles. The van der Waals surface area contributed by atoms with Crippen LogP contribution in [-0.4, -0.2) is 38.5 Å². The molecular formula is C12H20N2O2. The largest absolute Gasteiger partial charge is 0.382 e. The minimum atomic E-state index is 0.0917. The zero-order valence-corrected chi connectivity index (χ0v) is 10.2. The molecule has 0 amide bonds. The molecule has 1 rings (SSSR count). The maximum Gasteiger partial charge on any atom is 0.0928 e. The molecule has 16 heavy (non-hydrogen) atoms. The van der Waals surface area contributed by atoms with Crippen LogP contribution in [0.3, 0.4) is 0 Å². The van der Waals surface area contributed by atoms with E-state index < -0.39 is 0 Å². The zero-order chi connectivity index (χ0) is 11.8. The molecule has 0 aliphatic heterocycles. The maximum absolute atomic E-state index is 5.25. The van der Waals surface area contributed by atoms with Crippen molar-refractivity contribution in [3.63, 3.8) is 0 Å². The Balaban J connectivity index is 2.32. The number of hydrogen-bond donors (Lipinski definition) is 1. The monoisotopic (exact) mass is 224 g/mol. The van der Waals surface area contributed by atoms with Gasteiger partial charge in [-0.05, 0) is 18.6 Å². The van der Waals surface area contributed by atoms with E-state index in [1.165, 1.54) is 5.56 Å². The van der Waals surface area contributed by atoms with Gasteiger partial charge >= 0.3 is 0 Å². The van der Waals surface area contributed by atoms with Gasteiger partial charge in [-0.2, -0.15) is 0 Å². The normalized spacial score (nSPS) is 12.7. The summed E-state index contributed by atoms with van der Waals surface area (Å²) in [6.45, 7) is 4.19. The van der Waals surface area contributed by atoms with Gasteiger partial charge < -0.3 is 14.8 Å². The van der Waals surface area contributed by atoms with Crippen LogP contribution >= 0.6 is 0 Å². The number of rotatable bonds is 7. The minimum Gasteiger partial charge on any atom is -0.382 e. The van der Waals surface area contributed by atoms with Gasteiger partial charge in [-0.25, -0.2) is 0 Å². The molecule has 1 heterocycles. The second kappa shape index (κ2) is 7.33. The number of hydrogen-bond acceptors (Lipinski definition) is 4. The smallest absolute Gasteiger partial charge is 0.0928 e. The summed E-state index contributed by atoms with van der Waals surface area (Å²) in [6.07, 6.45) is 1.90. The Kier molecular flexibility index (Phi) is 6.00. The molecule has 0 saturated carbocycles. The fraction of sp³-hybridized carbons (Fsp3) is 0.583. The Bertz CT molecular complexity index is 305. The van der Waals surface area contributed by atoms with Crippen LogP contribution in [0.1, 0.15) is 11.3 Å².